The summed E-state index contributed by atoms with van der Waals surface area (Å²) >= 11 is 0. The van der Waals surface area contributed by atoms with E-state index in [1.165, 1.54) is 24.0 Å². The predicted molar refractivity (Wildman–Crippen MR) is 115 cm³/mol. The van der Waals surface area contributed by atoms with Crippen LogP contribution >= 0.6 is 0 Å². The van der Waals surface area contributed by atoms with Gasteiger partial charge >= 0.3 is 0 Å². The molecule has 4 nitrogen and oxygen atoms in total. The normalized spacial score (nSPS) is 11.5. The third kappa shape index (κ3) is 5.77. The largest absolute Gasteiger partial charge is 0.354 e. The molecule has 0 aliphatic rings. The Morgan fingerprint density at radius 1 is 0.867 bits per heavy atom. The summed E-state index contributed by atoms with van der Waals surface area (Å²) in [6.45, 7) is 2.12. The van der Waals surface area contributed by atoms with Crippen LogP contribution < -0.4 is 5.32 Å². The van der Waals surface area contributed by atoms with E-state index >= 15 is 0 Å². The van der Waals surface area contributed by atoms with Crippen molar-refractivity contribution in [2.45, 2.75) is 25.9 Å². The molecule has 30 heavy (non-hydrogen) atoms. The fourth-order valence-electron chi connectivity index (χ4n) is 3.35. The highest BCUT2D eigenvalue weighted by atomic mass is 19.1. The molecule has 0 unspecified atom stereocenters. The molecule has 0 spiro atoms. The number of halogens is 1. The minimum Gasteiger partial charge on any atom is -0.354 e. The Morgan fingerprint density at radius 3 is 2.07 bits per heavy atom. The van der Waals surface area contributed by atoms with E-state index in [9.17, 15) is 14.0 Å². The SMILES string of the molecule is CC(=O)N(Cc1ccc(F)cc1)[C@@H](C(=O)NCCc1ccccc1)c1ccccc1. The lowest BCUT2D eigenvalue weighted by molar-refractivity contribution is -0.140. The zero-order valence-electron chi connectivity index (χ0n) is 16.9. The molecule has 1 atom stereocenters. The molecule has 5 heteroatoms. The van der Waals surface area contributed by atoms with Crippen molar-refractivity contribution >= 4 is 11.8 Å². The molecule has 2 amide bonds. The van der Waals surface area contributed by atoms with Crippen LogP contribution in [0.5, 0.6) is 0 Å². The zero-order valence-corrected chi connectivity index (χ0v) is 16.9. The molecule has 0 aliphatic heterocycles. The molecule has 0 bridgehead atoms. The van der Waals surface area contributed by atoms with E-state index in [0.29, 0.717) is 13.0 Å². The van der Waals surface area contributed by atoms with Gasteiger partial charge in [0.25, 0.3) is 0 Å². The number of carbonyl (C=O) groups is 2. The van der Waals surface area contributed by atoms with Gasteiger partial charge in [-0.3, -0.25) is 9.59 Å². The van der Waals surface area contributed by atoms with Crippen molar-refractivity contribution in [2.24, 2.45) is 0 Å². The summed E-state index contributed by atoms with van der Waals surface area (Å²) < 4.78 is 13.3. The summed E-state index contributed by atoms with van der Waals surface area (Å²) in [4.78, 5) is 27.2. The molecule has 3 rings (SSSR count). The van der Waals surface area contributed by atoms with Crippen molar-refractivity contribution in [3.63, 3.8) is 0 Å². The molecule has 0 saturated carbocycles. The molecule has 0 fully saturated rings. The zero-order chi connectivity index (χ0) is 21.3. The van der Waals surface area contributed by atoms with Gasteiger partial charge in [-0.1, -0.05) is 72.8 Å². The molecule has 0 saturated heterocycles. The van der Waals surface area contributed by atoms with Gasteiger partial charge in [0, 0.05) is 20.0 Å². The number of rotatable bonds is 8. The molecule has 0 aromatic heterocycles. The molecule has 154 valence electrons. The molecule has 0 radical (unpaired) electrons. The minimum atomic E-state index is -0.774. The van der Waals surface area contributed by atoms with Crippen molar-refractivity contribution < 1.29 is 14.0 Å². The molecular formula is C25H25FN2O2. The van der Waals surface area contributed by atoms with Crippen molar-refractivity contribution in [2.75, 3.05) is 6.54 Å². The Hall–Kier alpha value is -3.47. The summed E-state index contributed by atoms with van der Waals surface area (Å²) in [6.07, 6.45) is 0.701. The standard InChI is InChI=1S/C25H25FN2O2/c1-19(29)28(18-21-12-14-23(26)15-13-21)24(22-10-6-3-7-11-22)25(30)27-17-16-20-8-4-2-5-9-20/h2-15,24H,16-18H2,1H3,(H,27,30)/t24-/m1/s1. The summed E-state index contributed by atoms with van der Waals surface area (Å²) in [6, 6.07) is 24.3. The summed E-state index contributed by atoms with van der Waals surface area (Å²) in [5, 5.41) is 2.97. The highest BCUT2D eigenvalue weighted by Crippen LogP contribution is 2.24. The number of hydrogen-bond donors (Lipinski definition) is 1. The van der Waals surface area contributed by atoms with Crippen molar-refractivity contribution in [3.8, 4) is 0 Å². The lowest BCUT2D eigenvalue weighted by atomic mass is 10.0. The van der Waals surface area contributed by atoms with Gasteiger partial charge in [0.1, 0.15) is 11.9 Å². The van der Waals surface area contributed by atoms with Crippen LogP contribution in [-0.2, 0) is 22.6 Å². The first-order valence-electron chi connectivity index (χ1n) is 9.93. The summed E-state index contributed by atoms with van der Waals surface area (Å²) in [5.74, 6) is -0.813. The maximum absolute atomic E-state index is 13.3. The third-order valence-electron chi connectivity index (χ3n) is 4.90. The highest BCUT2D eigenvalue weighted by Gasteiger charge is 2.29. The average molecular weight is 404 g/mol. The van der Waals surface area contributed by atoms with Gasteiger partial charge in [0.15, 0.2) is 0 Å². The second-order valence-corrected chi connectivity index (χ2v) is 7.11. The predicted octanol–water partition coefficient (Wildman–Crippen LogP) is 4.27. The van der Waals surface area contributed by atoms with E-state index in [4.69, 9.17) is 0 Å². The number of carbonyl (C=O) groups excluding carboxylic acids is 2. The van der Waals surface area contributed by atoms with Crippen molar-refractivity contribution in [1.29, 1.82) is 0 Å². The fraction of sp³-hybridized carbons (Fsp3) is 0.200. The Labute approximate surface area is 176 Å². The topological polar surface area (TPSA) is 49.4 Å². The maximum Gasteiger partial charge on any atom is 0.247 e. The molecule has 3 aromatic rings. The lowest BCUT2D eigenvalue weighted by Gasteiger charge is -2.30. The Bertz CT molecular complexity index is 959. The smallest absolute Gasteiger partial charge is 0.247 e. The fourth-order valence-corrected chi connectivity index (χ4v) is 3.35. The van der Waals surface area contributed by atoms with Gasteiger partial charge in [-0.2, -0.15) is 0 Å². The van der Waals surface area contributed by atoms with Gasteiger partial charge in [-0.25, -0.2) is 4.39 Å². The molecule has 3 aromatic carbocycles. The molecule has 0 heterocycles. The van der Waals surface area contributed by atoms with Gasteiger partial charge < -0.3 is 10.2 Å². The quantitative estimate of drug-likeness (QED) is 0.609. The third-order valence-corrected chi connectivity index (χ3v) is 4.90. The molecule has 0 aliphatic carbocycles. The van der Waals surface area contributed by atoms with Crippen LogP contribution in [0.2, 0.25) is 0 Å². The first kappa shape index (κ1) is 21.2. The van der Waals surface area contributed by atoms with E-state index in [-0.39, 0.29) is 24.2 Å². The summed E-state index contributed by atoms with van der Waals surface area (Å²) in [5.41, 5.74) is 2.61. The molecule has 1 N–H and O–H groups in total. The number of hydrogen-bond acceptors (Lipinski definition) is 2. The number of amides is 2. The van der Waals surface area contributed by atoms with Crippen LogP contribution in [0.1, 0.15) is 29.7 Å². The van der Waals surface area contributed by atoms with Gasteiger partial charge in [-0.05, 0) is 35.2 Å². The maximum atomic E-state index is 13.3. The summed E-state index contributed by atoms with van der Waals surface area (Å²) in [7, 11) is 0. The second-order valence-electron chi connectivity index (χ2n) is 7.11. The van der Waals surface area contributed by atoms with Crippen LogP contribution in [0.3, 0.4) is 0 Å². The second kappa shape index (κ2) is 10.3. The van der Waals surface area contributed by atoms with Crippen molar-refractivity contribution in [3.05, 3.63) is 107 Å². The van der Waals surface area contributed by atoms with Crippen LogP contribution in [0.25, 0.3) is 0 Å². The number of benzene rings is 3. The van der Waals surface area contributed by atoms with Gasteiger partial charge in [0.2, 0.25) is 11.8 Å². The van der Waals surface area contributed by atoms with Crippen molar-refractivity contribution in [1.82, 2.24) is 10.2 Å². The number of nitrogens with one attached hydrogen (secondary N) is 1. The van der Waals surface area contributed by atoms with E-state index in [1.54, 1.807) is 12.1 Å². The van der Waals surface area contributed by atoms with Crippen LogP contribution in [-0.4, -0.2) is 23.3 Å². The minimum absolute atomic E-state index is 0.210. The van der Waals surface area contributed by atoms with Gasteiger partial charge in [0.05, 0.1) is 0 Å². The monoisotopic (exact) mass is 404 g/mol. The van der Waals surface area contributed by atoms with E-state index in [2.05, 4.69) is 5.32 Å². The van der Waals surface area contributed by atoms with Crippen LogP contribution in [0.15, 0.2) is 84.9 Å². The van der Waals surface area contributed by atoms with E-state index < -0.39 is 6.04 Å². The van der Waals surface area contributed by atoms with E-state index in [0.717, 1.165) is 16.7 Å². The highest BCUT2D eigenvalue weighted by molar-refractivity contribution is 5.88. The average Bonchev–Trinajstić information content (AvgIpc) is 2.76. The Kier molecular flexibility index (Phi) is 7.33. The Morgan fingerprint density at radius 2 is 1.47 bits per heavy atom. The first-order chi connectivity index (χ1) is 14.5. The molecular weight excluding hydrogens is 379 g/mol. The van der Waals surface area contributed by atoms with Crippen LogP contribution in [0.4, 0.5) is 4.39 Å². The van der Waals surface area contributed by atoms with E-state index in [1.807, 2.05) is 60.7 Å². The lowest BCUT2D eigenvalue weighted by Crippen LogP contribution is -2.43. The van der Waals surface area contributed by atoms with Gasteiger partial charge in [-0.15, -0.1) is 0 Å². The Balaban J connectivity index is 1.79. The van der Waals surface area contributed by atoms with Crippen LogP contribution in [0, 0.1) is 5.82 Å². The first-order valence-corrected chi connectivity index (χ1v) is 9.93. The number of nitrogens with zero attached hydrogens (tertiary/aromatic N) is 1.